The summed E-state index contributed by atoms with van der Waals surface area (Å²) in [5.74, 6) is -6.95. The molecule has 2 aliphatic carbocycles. The first-order chi connectivity index (χ1) is 32.7. The molecule has 0 aromatic heterocycles. The summed E-state index contributed by atoms with van der Waals surface area (Å²) in [7, 11) is 0. The summed E-state index contributed by atoms with van der Waals surface area (Å²) in [6.07, 6.45) is -0.132. The number of Topliss-reactive ketones (excluding diaryl/α,β-unsaturated/α-hetero) is 6. The van der Waals surface area contributed by atoms with Crippen LogP contribution < -0.4 is 0 Å². The number of esters is 6. The molecule has 6 rings (SSSR count). The molecule has 0 amide bonds. The Bertz CT molecular complexity index is 2500. The number of rotatable bonds is 7. The van der Waals surface area contributed by atoms with E-state index in [2.05, 4.69) is 35.1 Å². The third-order valence-corrected chi connectivity index (χ3v) is 10.0. The van der Waals surface area contributed by atoms with Crippen molar-refractivity contribution >= 4 is 105 Å². The quantitative estimate of drug-likeness (QED) is 0.121. The number of benzene rings is 3. The number of hydrogen-bond donors (Lipinski definition) is 0. The SMILES string of the molecule is CC(=O)C1(C(=O)OC(C)(C)C)C(=O)c2ccc(Cl)cc2C1=O.CC(=O)CC(=O)OC(C)(C)C.CC(=O)OC(C)=O.CCN(CC)CC.O=C1CC(=O)c2cc(Cl)ccc21.O=C1OC(=O)c2cc(Cl)ccc21.[2HH]. The highest BCUT2D eigenvalue weighted by Crippen LogP contribution is 2.41. The maximum absolute atomic E-state index is 12.6. The van der Waals surface area contributed by atoms with Gasteiger partial charge in [0.15, 0.2) is 28.9 Å². The van der Waals surface area contributed by atoms with Gasteiger partial charge < -0.3 is 23.8 Å². The molecule has 0 fully saturated rings. The van der Waals surface area contributed by atoms with Crippen molar-refractivity contribution in [2.45, 2.75) is 114 Å². The van der Waals surface area contributed by atoms with E-state index >= 15 is 0 Å². The van der Waals surface area contributed by atoms with E-state index in [0.29, 0.717) is 21.2 Å². The van der Waals surface area contributed by atoms with Gasteiger partial charge in [-0.05, 0) is 130 Å². The zero-order chi connectivity index (χ0) is 54.9. The monoisotopic (exact) mass is 1050 g/mol. The predicted octanol–water partition coefficient (Wildman–Crippen LogP) is 9.39. The third-order valence-electron chi connectivity index (χ3n) is 9.34. The molecule has 1 unspecified atom stereocenters. The number of hydrogen-bond acceptors (Lipinski definition) is 17. The molecule has 3 aromatic carbocycles. The van der Waals surface area contributed by atoms with Gasteiger partial charge in [0.1, 0.15) is 23.4 Å². The van der Waals surface area contributed by atoms with Gasteiger partial charge in [-0.3, -0.25) is 43.2 Å². The van der Waals surface area contributed by atoms with Crippen LogP contribution in [0.3, 0.4) is 0 Å². The summed E-state index contributed by atoms with van der Waals surface area (Å²) < 4.78 is 18.4. The first-order valence-corrected chi connectivity index (χ1v) is 23.0. The molecular weight excluding hydrogens is 989 g/mol. The molecule has 0 radical (unpaired) electrons. The second kappa shape index (κ2) is 27.4. The first kappa shape index (κ1) is 62.7. The third kappa shape index (κ3) is 19.1. The summed E-state index contributed by atoms with van der Waals surface area (Å²) in [6.45, 7) is 25.0. The van der Waals surface area contributed by atoms with Crippen LogP contribution in [0.4, 0.5) is 0 Å². The minimum Gasteiger partial charge on any atom is -0.460 e. The van der Waals surface area contributed by atoms with Gasteiger partial charge >= 0.3 is 35.8 Å². The van der Waals surface area contributed by atoms with E-state index < -0.39 is 69.8 Å². The fourth-order valence-corrected chi connectivity index (χ4v) is 6.77. The van der Waals surface area contributed by atoms with Gasteiger partial charge in [-0.1, -0.05) is 55.6 Å². The fraction of sp³-hybridized carbons (Fsp3) is 0.412. The lowest BCUT2D eigenvalue weighted by Gasteiger charge is -2.27. The van der Waals surface area contributed by atoms with Gasteiger partial charge in [0.2, 0.25) is 0 Å². The Kier molecular flexibility index (Phi) is 24.2. The van der Waals surface area contributed by atoms with Crippen molar-refractivity contribution in [3.05, 3.63) is 103 Å². The molecule has 0 spiro atoms. The molecule has 71 heavy (non-hydrogen) atoms. The largest absolute Gasteiger partial charge is 0.460 e. The Morgan fingerprint density at radius 2 is 0.972 bits per heavy atom. The molecule has 0 bridgehead atoms. The van der Waals surface area contributed by atoms with Crippen LogP contribution in [0.25, 0.3) is 0 Å². The van der Waals surface area contributed by atoms with Crippen LogP contribution in [0.15, 0.2) is 54.6 Å². The van der Waals surface area contributed by atoms with E-state index in [4.69, 9.17) is 44.3 Å². The van der Waals surface area contributed by atoms with Crippen LogP contribution in [-0.4, -0.2) is 106 Å². The standard InChI is InChI=1S/C16H15ClO5.C9H5ClO2.C8H3ClO3.C8H14O3.C6H15N.C4H6O3.H2/c1-8(18)16(14(21)22-15(2,3)4)12(19)10-6-5-9(17)7-11(10)13(16)20;10-5-1-2-6-7(3-5)9(12)4-8(6)11;9-4-1-2-5-6(3-4)8(11)12-7(5)10;1-6(9)5-7(10)11-8(2,3)4;1-4-7(5-2)6-3;1-3(5)7-4(2)6;/h5-7H,1-4H3;1-3H,4H2;1-3H;5H2,1-4H3;4-6H2,1-3H3;1-2H3;1H/i;;;;;;1+1. The van der Waals surface area contributed by atoms with Crippen LogP contribution in [0.2, 0.25) is 15.1 Å². The van der Waals surface area contributed by atoms with Crippen molar-refractivity contribution in [2.24, 2.45) is 5.41 Å². The second-order valence-corrected chi connectivity index (χ2v) is 18.7. The Hall–Kier alpha value is -6.27. The summed E-state index contributed by atoms with van der Waals surface area (Å²) in [5.41, 5.74) is -2.41. The number of fused-ring (bicyclic) bond motifs is 3. The normalized spacial score (nSPS) is 14.9. The van der Waals surface area contributed by atoms with Crippen LogP contribution in [0.1, 0.15) is 166 Å². The highest BCUT2D eigenvalue weighted by atomic mass is 35.5. The molecule has 17 nitrogen and oxygen atoms in total. The molecule has 0 saturated heterocycles. The van der Waals surface area contributed by atoms with Crippen molar-refractivity contribution < 1.29 is 77.9 Å². The van der Waals surface area contributed by atoms with Crippen molar-refractivity contribution in [3.63, 3.8) is 0 Å². The molecule has 1 aliphatic heterocycles. The Labute approximate surface area is 428 Å². The number of carbonyl (C=O) groups is 12. The molecule has 0 N–H and O–H groups in total. The van der Waals surface area contributed by atoms with Crippen molar-refractivity contribution in [1.82, 2.24) is 4.90 Å². The Morgan fingerprint density at radius 1 is 0.577 bits per heavy atom. The first-order valence-electron chi connectivity index (χ1n) is 21.8. The van der Waals surface area contributed by atoms with Crippen LogP contribution in [0, 0.1) is 5.41 Å². The van der Waals surface area contributed by atoms with Gasteiger partial charge in [-0.15, -0.1) is 0 Å². The van der Waals surface area contributed by atoms with E-state index in [-0.39, 0.29) is 58.9 Å². The Balaban J connectivity index is 0.000000882. The molecular formula is C51H60Cl3NO16. The van der Waals surface area contributed by atoms with Gasteiger partial charge in [0.05, 0.1) is 17.5 Å². The average Bonchev–Trinajstić information content (AvgIpc) is 3.76. The molecule has 0 saturated carbocycles. The number of ketones is 6. The number of nitrogens with zero attached hydrogens (tertiary/aromatic N) is 1. The second-order valence-electron chi connectivity index (χ2n) is 17.4. The molecule has 386 valence electrons. The van der Waals surface area contributed by atoms with Crippen LogP contribution >= 0.6 is 34.8 Å². The maximum Gasteiger partial charge on any atom is 0.346 e. The summed E-state index contributed by atoms with van der Waals surface area (Å²) >= 11 is 17.1. The summed E-state index contributed by atoms with van der Waals surface area (Å²) in [4.78, 5) is 137. The average molecular weight is 1050 g/mol. The lowest BCUT2D eigenvalue weighted by atomic mass is 9.79. The molecule has 3 aliphatic rings. The van der Waals surface area contributed by atoms with Crippen LogP contribution in [-0.2, 0) is 47.7 Å². The minimum absolute atomic E-state index is 0. The van der Waals surface area contributed by atoms with Crippen molar-refractivity contribution in [2.75, 3.05) is 19.6 Å². The zero-order valence-corrected chi connectivity index (χ0v) is 44.1. The number of halogens is 3. The van der Waals surface area contributed by atoms with Gasteiger partial charge in [0, 0.05) is 52.6 Å². The fourth-order valence-electron chi connectivity index (χ4n) is 6.25. The molecule has 3 aromatic rings. The van der Waals surface area contributed by atoms with E-state index in [1.54, 1.807) is 65.8 Å². The van der Waals surface area contributed by atoms with E-state index in [0.717, 1.165) is 6.92 Å². The number of carbonyl (C=O) groups excluding carboxylic acids is 12. The van der Waals surface area contributed by atoms with Crippen LogP contribution in [0.5, 0.6) is 0 Å². The number of cyclic esters (lactones) is 2. The van der Waals surface area contributed by atoms with Gasteiger partial charge in [0.25, 0.3) is 5.41 Å². The topological polar surface area (TPSA) is 245 Å². The Morgan fingerprint density at radius 3 is 1.37 bits per heavy atom. The predicted molar refractivity (Wildman–Crippen MR) is 264 cm³/mol. The highest BCUT2D eigenvalue weighted by molar-refractivity contribution is 6.48. The molecule has 20 heteroatoms. The smallest absolute Gasteiger partial charge is 0.346 e. The summed E-state index contributed by atoms with van der Waals surface area (Å²) in [6, 6.07) is 13.3. The lowest BCUT2D eigenvalue weighted by Crippen LogP contribution is -2.50. The molecule has 1 heterocycles. The highest BCUT2D eigenvalue weighted by Gasteiger charge is 2.64. The van der Waals surface area contributed by atoms with Crippen molar-refractivity contribution in [1.29, 1.82) is 0 Å². The van der Waals surface area contributed by atoms with Gasteiger partial charge in [-0.2, -0.15) is 0 Å². The van der Waals surface area contributed by atoms with Crippen molar-refractivity contribution in [3.8, 4) is 0 Å². The lowest BCUT2D eigenvalue weighted by molar-refractivity contribution is -0.164. The van der Waals surface area contributed by atoms with E-state index in [9.17, 15) is 57.5 Å². The zero-order valence-electron chi connectivity index (χ0n) is 41.8. The van der Waals surface area contributed by atoms with Gasteiger partial charge in [-0.25, -0.2) is 14.4 Å². The summed E-state index contributed by atoms with van der Waals surface area (Å²) in [5, 5.41) is 1.15. The maximum atomic E-state index is 12.6. The number of ether oxygens (including phenoxy) is 4. The minimum atomic E-state index is -2.46. The van der Waals surface area contributed by atoms with E-state index in [1.165, 1.54) is 70.7 Å². The van der Waals surface area contributed by atoms with E-state index in [1.807, 2.05) is 0 Å². The molecule has 1 atom stereocenters.